The molecule has 6 nitrogen and oxygen atoms in total. The van der Waals surface area contributed by atoms with E-state index in [-0.39, 0.29) is 18.4 Å². The SMILES string of the molecule is CCN(CC(=O)Nc1cccc(OC)c1)C(=O)CC(C)C1CCNCC1. The van der Waals surface area contributed by atoms with Crippen LogP contribution < -0.4 is 15.4 Å². The van der Waals surface area contributed by atoms with Gasteiger partial charge in [0.05, 0.1) is 13.7 Å². The van der Waals surface area contributed by atoms with Crippen molar-refractivity contribution in [2.75, 3.05) is 38.6 Å². The topological polar surface area (TPSA) is 70.7 Å². The molecule has 1 aromatic rings. The van der Waals surface area contributed by atoms with Gasteiger partial charge in [-0.1, -0.05) is 13.0 Å². The number of ether oxygens (including phenoxy) is 1. The van der Waals surface area contributed by atoms with Gasteiger partial charge in [-0.2, -0.15) is 0 Å². The molecule has 1 fully saturated rings. The van der Waals surface area contributed by atoms with E-state index in [0.29, 0.717) is 36.2 Å². The molecule has 1 aromatic carbocycles. The van der Waals surface area contributed by atoms with E-state index in [1.165, 1.54) is 0 Å². The number of amides is 2. The van der Waals surface area contributed by atoms with E-state index < -0.39 is 0 Å². The molecule has 1 aliphatic heterocycles. The number of nitrogens with one attached hydrogen (secondary N) is 2. The molecule has 0 radical (unpaired) electrons. The van der Waals surface area contributed by atoms with Gasteiger partial charge in [0.2, 0.25) is 11.8 Å². The van der Waals surface area contributed by atoms with E-state index in [0.717, 1.165) is 25.9 Å². The number of carbonyl (C=O) groups is 2. The summed E-state index contributed by atoms with van der Waals surface area (Å²) in [4.78, 5) is 26.6. The van der Waals surface area contributed by atoms with E-state index in [4.69, 9.17) is 4.74 Å². The molecule has 2 rings (SSSR count). The van der Waals surface area contributed by atoms with Crippen molar-refractivity contribution in [2.45, 2.75) is 33.1 Å². The fourth-order valence-electron chi connectivity index (χ4n) is 3.44. The third-order valence-electron chi connectivity index (χ3n) is 5.11. The summed E-state index contributed by atoms with van der Waals surface area (Å²) in [6, 6.07) is 7.20. The number of likely N-dealkylation sites (N-methyl/N-ethyl adjacent to an activating group) is 1. The van der Waals surface area contributed by atoms with Gasteiger partial charge < -0.3 is 20.3 Å². The summed E-state index contributed by atoms with van der Waals surface area (Å²) >= 11 is 0. The van der Waals surface area contributed by atoms with Crippen LogP contribution in [0.4, 0.5) is 5.69 Å². The Bertz CT molecular complexity index is 600. The van der Waals surface area contributed by atoms with Crippen LogP contribution in [0.15, 0.2) is 24.3 Å². The summed E-state index contributed by atoms with van der Waals surface area (Å²) in [6.45, 7) is 6.73. The van der Waals surface area contributed by atoms with Crippen LogP contribution in [0, 0.1) is 11.8 Å². The second-order valence-corrected chi connectivity index (χ2v) is 6.96. The molecule has 26 heavy (non-hydrogen) atoms. The third-order valence-corrected chi connectivity index (χ3v) is 5.11. The molecule has 0 aliphatic carbocycles. The molecule has 1 saturated heterocycles. The lowest BCUT2D eigenvalue weighted by Crippen LogP contribution is -2.39. The first-order chi connectivity index (χ1) is 12.5. The Labute approximate surface area is 156 Å². The Morgan fingerprint density at radius 3 is 2.73 bits per heavy atom. The summed E-state index contributed by atoms with van der Waals surface area (Å²) < 4.78 is 5.16. The number of methoxy groups -OCH3 is 1. The lowest BCUT2D eigenvalue weighted by Gasteiger charge is -2.29. The summed E-state index contributed by atoms with van der Waals surface area (Å²) in [5.74, 6) is 1.48. The molecule has 1 heterocycles. The van der Waals surface area contributed by atoms with Crippen LogP contribution in [0.5, 0.6) is 5.75 Å². The van der Waals surface area contributed by atoms with Crippen LogP contribution in [-0.4, -0.2) is 50.0 Å². The van der Waals surface area contributed by atoms with Crippen LogP contribution in [0.1, 0.15) is 33.1 Å². The van der Waals surface area contributed by atoms with Crippen molar-refractivity contribution in [3.8, 4) is 5.75 Å². The number of rotatable bonds is 8. The molecule has 1 aliphatic rings. The molecule has 1 unspecified atom stereocenters. The van der Waals surface area contributed by atoms with Gasteiger partial charge in [-0.05, 0) is 56.8 Å². The van der Waals surface area contributed by atoms with E-state index in [9.17, 15) is 9.59 Å². The smallest absolute Gasteiger partial charge is 0.243 e. The zero-order valence-electron chi connectivity index (χ0n) is 16.1. The first kappa shape index (κ1) is 20.2. The van der Waals surface area contributed by atoms with Gasteiger partial charge in [0, 0.05) is 24.7 Å². The van der Waals surface area contributed by atoms with E-state index in [1.54, 1.807) is 24.1 Å². The van der Waals surface area contributed by atoms with Crippen LogP contribution in [0.3, 0.4) is 0 Å². The maximum Gasteiger partial charge on any atom is 0.243 e. The minimum absolute atomic E-state index is 0.0549. The first-order valence-electron chi connectivity index (χ1n) is 9.45. The second kappa shape index (κ2) is 10.2. The number of hydrogen-bond donors (Lipinski definition) is 2. The van der Waals surface area contributed by atoms with Gasteiger partial charge in [-0.3, -0.25) is 9.59 Å². The van der Waals surface area contributed by atoms with Gasteiger partial charge in [0.1, 0.15) is 5.75 Å². The van der Waals surface area contributed by atoms with Crippen molar-refractivity contribution in [1.29, 1.82) is 0 Å². The maximum atomic E-state index is 12.6. The fraction of sp³-hybridized carbons (Fsp3) is 0.600. The first-order valence-corrected chi connectivity index (χ1v) is 9.45. The standard InChI is InChI=1S/C20H31N3O3/c1-4-23(20(25)12-15(2)16-8-10-21-11-9-16)14-19(24)22-17-6-5-7-18(13-17)26-3/h5-7,13,15-16,21H,4,8-12,14H2,1-3H3,(H,22,24). The molecule has 2 amide bonds. The van der Waals surface area contributed by atoms with Gasteiger partial charge in [0.25, 0.3) is 0 Å². The number of carbonyl (C=O) groups excluding carboxylic acids is 2. The van der Waals surface area contributed by atoms with Crippen LogP contribution in [0.2, 0.25) is 0 Å². The lowest BCUT2D eigenvalue weighted by molar-refractivity contribution is -0.135. The van der Waals surface area contributed by atoms with Crippen molar-refractivity contribution in [2.24, 2.45) is 11.8 Å². The average molecular weight is 361 g/mol. The highest BCUT2D eigenvalue weighted by Gasteiger charge is 2.24. The van der Waals surface area contributed by atoms with Gasteiger partial charge >= 0.3 is 0 Å². The number of benzene rings is 1. The number of nitrogens with zero attached hydrogens (tertiary/aromatic N) is 1. The third kappa shape index (κ3) is 6.02. The zero-order chi connectivity index (χ0) is 18.9. The second-order valence-electron chi connectivity index (χ2n) is 6.96. The Hall–Kier alpha value is -2.08. The molecular formula is C20H31N3O3. The average Bonchev–Trinajstić information content (AvgIpc) is 2.66. The molecule has 0 saturated carbocycles. The highest BCUT2D eigenvalue weighted by Crippen LogP contribution is 2.25. The molecule has 0 spiro atoms. The largest absolute Gasteiger partial charge is 0.497 e. The lowest BCUT2D eigenvalue weighted by atomic mass is 9.84. The summed E-state index contributed by atoms with van der Waals surface area (Å²) in [7, 11) is 1.59. The Kier molecular flexibility index (Phi) is 7.91. The maximum absolute atomic E-state index is 12.6. The van der Waals surface area contributed by atoms with Crippen molar-refractivity contribution in [3.05, 3.63) is 24.3 Å². The van der Waals surface area contributed by atoms with Crippen LogP contribution in [-0.2, 0) is 9.59 Å². The van der Waals surface area contributed by atoms with Crippen molar-refractivity contribution in [3.63, 3.8) is 0 Å². The highest BCUT2D eigenvalue weighted by molar-refractivity contribution is 5.94. The molecule has 2 N–H and O–H groups in total. The number of piperidine rings is 1. The van der Waals surface area contributed by atoms with Gasteiger partial charge in [0.15, 0.2) is 0 Å². The fourth-order valence-corrected chi connectivity index (χ4v) is 3.44. The van der Waals surface area contributed by atoms with E-state index in [1.807, 2.05) is 19.1 Å². The monoisotopic (exact) mass is 361 g/mol. The van der Waals surface area contributed by atoms with Crippen LogP contribution >= 0.6 is 0 Å². The van der Waals surface area contributed by atoms with Crippen LogP contribution in [0.25, 0.3) is 0 Å². The quantitative estimate of drug-likeness (QED) is 0.746. The van der Waals surface area contributed by atoms with E-state index >= 15 is 0 Å². The molecule has 1 atom stereocenters. The van der Waals surface area contributed by atoms with Crippen molar-refractivity contribution >= 4 is 17.5 Å². The summed E-state index contributed by atoms with van der Waals surface area (Å²) in [5.41, 5.74) is 0.668. The molecule has 6 heteroatoms. The normalized spacial score (nSPS) is 16.0. The Morgan fingerprint density at radius 1 is 1.35 bits per heavy atom. The van der Waals surface area contributed by atoms with Gasteiger partial charge in [-0.25, -0.2) is 0 Å². The zero-order valence-corrected chi connectivity index (χ0v) is 16.1. The number of anilines is 1. The number of hydrogen-bond acceptors (Lipinski definition) is 4. The minimum atomic E-state index is -0.192. The Morgan fingerprint density at radius 2 is 2.08 bits per heavy atom. The predicted octanol–water partition coefficient (Wildman–Crippen LogP) is 2.51. The Balaban J connectivity index is 1.86. The summed E-state index contributed by atoms with van der Waals surface area (Å²) in [6.07, 6.45) is 2.75. The summed E-state index contributed by atoms with van der Waals surface area (Å²) in [5, 5.41) is 6.19. The van der Waals surface area contributed by atoms with Gasteiger partial charge in [-0.15, -0.1) is 0 Å². The predicted molar refractivity (Wildman–Crippen MR) is 103 cm³/mol. The van der Waals surface area contributed by atoms with Crippen molar-refractivity contribution in [1.82, 2.24) is 10.2 Å². The molecular weight excluding hydrogens is 330 g/mol. The van der Waals surface area contributed by atoms with E-state index in [2.05, 4.69) is 17.6 Å². The molecule has 144 valence electrons. The van der Waals surface area contributed by atoms with Crippen molar-refractivity contribution < 1.29 is 14.3 Å². The minimum Gasteiger partial charge on any atom is -0.497 e. The molecule has 0 bridgehead atoms. The highest BCUT2D eigenvalue weighted by atomic mass is 16.5. The molecule has 0 aromatic heterocycles.